The van der Waals surface area contributed by atoms with Crippen molar-refractivity contribution in [3.63, 3.8) is 0 Å². The van der Waals surface area contributed by atoms with Crippen molar-refractivity contribution in [2.75, 3.05) is 5.32 Å². The number of rotatable bonds is 5. The normalized spacial score (nSPS) is 10.6. The highest BCUT2D eigenvalue weighted by Crippen LogP contribution is 2.24. The predicted molar refractivity (Wildman–Crippen MR) is 107 cm³/mol. The predicted octanol–water partition coefficient (Wildman–Crippen LogP) is 3.40. The fraction of sp³-hybridized carbons (Fsp3) is 0.0952. The number of fused-ring (bicyclic) bond motifs is 1. The number of para-hydroxylation sites is 1. The summed E-state index contributed by atoms with van der Waals surface area (Å²) in [5.74, 6) is 0.773. The summed E-state index contributed by atoms with van der Waals surface area (Å²) in [6.45, 7) is 2.14. The van der Waals surface area contributed by atoms with Crippen LogP contribution in [0.2, 0.25) is 0 Å². The molecule has 4 aromatic rings. The van der Waals surface area contributed by atoms with Crippen LogP contribution in [-0.4, -0.2) is 25.8 Å². The van der Waals surface area contributed by atoms with Gasteiger partial charge < -0.3 is 10.6 Å². The fourth-order valence-corrected chi connectivity index (χ4v) is 2.87. The molecule has 0 aliphatic carbocycles. The van der Waals surface area contributed by atoms with Crippen molar-refractivity contribution in [1.82, 2.24) is 25.3 Å². The minimum absolute atomic E-state index is 0.270. The summed E-state index contributed by atoms with van der Waals surface area (Å²) >= 11 is 0. The summed E-state index contributed by atoms with van der Waals surface area (Å²) in [4.78, 5) is 29.6. The van der Waals surface area contributed by atoms with E-state index in [1.54, 1.807) is 31.6 Å². The van der Waals surface area contributed by atoms with E-state index in [-0.39, 0.29) is 5.91 Å². The first-order valence-electron chi connectivity index (χ1n) is 8.82. The molecule has 0 aliphatic rings. The van der Waals surface area contributed by atoms with E-state index in [9.17, 15) is 4.79 Å². The van der Waals surface area contributed by atoms with Gasteiger partial charge in [0.2, 0.25) is 0 Å². The highest BCUT2D eigenvalue weighted by Gasteiger charge is 2.11. The van der Waals surface area contributed by atoms with E-state index in [2.05, 4.69) is 30.6 Å². The zero-order valence-corrected chi connectivity index (χ0v) is 15.3. The van der Waals surface area contributed by atoms with E-state index in [0.29, 0.717) is 23.9 Å². The van der Waals surface area contributed by atoms with Crippen LogP contribution in [-0.2, 0) is 6.54 Å². The van der Waals surface area contributed by atoms with Crippen LogP contribution in [0.25, 0.3) is 10.9 Å². The Labute approximate surface area is 161 Å². The molecule has 138 valence electrons. The van der Waals surface area contributed by atoms with Gasteiger partial charge in [-0.25, -0.2) is 9.97 Å². The maximum absolute atomic E-state index is 12.5. The molecule has 4 rings (SSSR count). The number of aryl methyl sites for hydroxylation is 1. The van der Waals surface area contributed by atoms with Gasteiger partial charge in [-0.05, 0) is 30.7 Å². The Balaban J connectivity index is 1.56. The monoisotopic (exact) mass is 370 g/mol. The Hall–Kier alpha value is -3.87. The largest absolute Gasteiger partial charge is 0.347 e. The van der Waals surface area contributed by atoms with E-state index in [1.165, 1.54) is 0 Å². The molecule has 1 amide bonds. The van der Waals surface area contributed by atoms with Gasteiger partial charge in [0.05, 0.1) is 11.2 Å². The fourth-order valence-electron chi connectivity index (χ4n) is 2.87. The highest BCUT2D eigenvalue weighted by molar-refractivity contribution is 5.94. The molecule has 3 heterocycles. The number of carbonyl (C=O) groups is 1. The van der Waals surface area contributed by atoms with Crippen LogP contribution in [0.1, 0.15) is 21.9 Å². The van der Waals surface area contributed by atoms with E-state index in [1.807, 2.05) is 42.5 Å². The highest BCUT2D eigenvalue weighted by atomic mass is 16.1. The first-order valence-corrected chi connectivity index (χ1v) is 8.82. The van der Waals surface area contributed by atoms with Crippen LogP contribution in [0.15, 0.2) is 67.1 Å². The minimum Gasteiger partial charge on any atom is -0.347 e. The molecular weight excluding hydrogens is 352 g/mol. The molecule has 1 aromatic carbocycles. The van der Waals surface area contributed by atoms with Crippen molar-refractivity contribution in [3.8, 4) is 0 Å². The second-order valence-corrected chi connectivity index (χ2v) is 6.24. The Morgan fingerprint density at radius 2 is 1.89 bits per heavy atom. The lowest BCUT2D eigenvalue weighted by molar-refractivity contribution is 0.0945. The molecule has 28 heavy (non-hydrogen) atoms. The first-order chi connectivity index (χ1) is 13.7. The molecule has 7 heteroatoms. The van der Waals surface area contributed by atoms with Gasteiger partial charge in [0.15, 0.2) is 0 Å². The summed E-state index contributed by atoms with van der Waals surface area (Å²) in [6, 6.07) is 15.1. The smallest absolute Gasteiger partial charge is 0.270 e. The number of aromatic nitrogens is 4. The molecule has 0 fully saturated rings. The molecule has 0 spiro atoms. The average molecular weight is 370 g/mol. The molecule has 7 nitrogen and oxygen atoms in total. The van der Waals surface area contributed by atoms with Gasteiger partial charge in [0, 0.05) is 36.6 Å². The van der Waals surface area contributed by atoms with Crippen molar-refractivity contribution < 1.29 is 4.79 Å². The van der Waals surface area contributed by atoms with Crippen molar-refractivity contribution in [3.05, 3.63) is 84.2 Å². The quantitative estimate of drug-likeness (QED) is 0.559. The van der Waals surface area contributed by atoms with Crippen LogP contribution in [0, 0.1) is 6.92 Å². The number of nitrogens with zero attached hydrogens (tertiary/aromatic N) is 4. The molecule has 0 atom stereocenters. The molecule has 0 bridgehead atoms. The van der Waals surface area contributed by atoms with Gasteiger partial charge in [0.25, 0.3) is 5.91 Å². The Morgan fingerprint density at radius 1 is 1.04 bits per heavy atom. The lowest BCUT2D eigenvalue weighted by Crippen LogP contribution is -2.24. The Bertz CT molecular complexity index is 1120. The summed E-state index contributed by atoms with van der Waals surface area (Å²) in [5, 5.41) is 7.13. The van der Waals surface area contributed by atoms with E-state index in [4.69, 9.17) is 0 Å². The van der Waals surface area contributed by atoms with Crippen molar-refractivity contribution in [1.29, 1.82) is 0 Å². The third-order valence-corrected chi connectivity index (χ3v) is 4.14. The number of amides is 1. The van der Waals surface area contributed by atoms with Gasteiger partial charge in [-0.2, -0.15) is 0 Å². The maximum atomic E-state index is 12.5. The number of benzene rings is 1. The van der Waals surface area contributed by atoms with Crippen molar-refractivity contribution >= 4 is 28.3 Å². The van der Waals surface area contributed by atoms with Crippen molar-refractivity contribution in [2.24, 2.45) is 0 Å². The number of hydrogen-bond donors (Lipinski definition) is 2. The number of hydrogen-bond acceptors (Lipinski definition) is 6. The molecule has 0 saturated carbocycles. The zero-order chi connectivity index (χ0) is 19.3. The molecular formula is C21H18N6O. The van der Waals surface area contributed by atoms with Crippen LogP contribution in [0.4, 0.5) is 11.5 Å². The summed E-state index contributed by atoms with van der Waals surface area (Å²) < 4.78 is 0. The van der Waals surface area contributed by atoms with Gasteiger partial charge in [-0.1, -0.05) is 24.3 Å². The number of pyridine rings is 2. The number of carbonyl (C=O) groups excluding carboxylic acids is 1. The summed E-state index contributed by atoms with van der Waals surface area (Å²) in [5.41, 5.74) is 2.87. The van der Waals surface area contributed by atoms with Gasteiger partial charge in [-0.3, -0.25) is 14.8 Å². The minimum atomic E-state index is -0.270. The SMILES string of the molecule is Cc1nc(Nc2cccc3cccnc23)cc(C(=O)NCc2cccnc2)n1. The first kappa shape index (κ1) is 17.5. The standard InChI is InChI=1S/C21H18N6O/c1-14-25-18(21(28)24-13-15-5-3-9-22-12-15)11-19(26-14)27-17-8-2-6-16-7-4-10-23-20(16)17/h2-12H,13H2,1H3,(H,24,28)(H,25,26,27). The van der Waals surface area contributed by atoms with Gasteiger partial charge in [0.1, 0.15) is 17.3 Å². The van der Waals surface area contributed by atoms with E-state index < -0.39 is 0 Å². The van der Waals surface area contributed by atoms with Crippen LogP contribution in [0.5, 0.6) is 0 Å². The van der Waals surface area contributed by atoms with Crippen LogP contribution >= 0.6 is 0 Å². The van der Waals surface area contributed by atoms with Crippen molar-refractivity contribution in [2.45, 2.75) is 13.5 Å². The molecule has 0 saturated heterocycles. The second-order valence-electron chi connectivity index (χ2n) is 6.24. The average Bonchev–Trinajstić information content (AvgIpc) is 2.72. The lowest BCUT2D eigenvalue weighted by Gasteiger charge is -2.11. The Morgan fingerprint density at radius 3 is 2.75 bits per heavy atom. The van der Waals surface area contributed by atoms with Crippen LogP contribution in [0.3, 0.4) is 0 Å². The summed E-state index contributed by atoms with van der Waals surface area (Å²) in [6.07, 6.45) is 5.15. The number of anilines is 2. The molecule has 0 aliphatic heterocycles. The van der Waals surface area contributed by atoms with E-state index >= 15 is 0 Å². The van der Waals surface area contributed by atoms with Crippen LogP contribution < -0.4 is 10.6 Å². The van der Waals surface area contributed by atoms with E-state index in [0.717, 1.165) is 22.2 Å². The van der Waals surface area contributed by atoms with Gasteiger partial charge in [-0.15, -0.1) is 0 Å². The topological polar surface area (TPSA) is 92.7 Å². The zero-order valence-electron chi connectivity index (χ0n) is 15.3. The molecule has 0 radical (unpaired) electrons. The van der Waals surface area contributed by atoms with Gasteiger partial charge >= 0.3 is 0 Å². The second kappa shape index (κ2) is 7.79. The molecule has 0 unspecified atom stereocenters. The Kier molecular flexibility index (Phi) is 4.88. The molecule has 2 N–H and O–H groups in total. The third-order valence-electron chi connectivity index (χ3n) is 4.14. The number of nitrogens with one attached hydrogen (secondary N) is 2. The summed E-state index contributed by atoms with van der Waals surface area (Å²) in [7, 11) is 0. The molecule has 3 aromatic heterocycles. The third kappa shape index (κ3) is 3.93. The maximum Gasteiger partial charge on any atom is 0.270 e. The lowest BCUT2D eigenvalue weighted by atomic mass is 10.2.